The summed E-state index contributed by atoms with van der Waals surface area (Å²) in [6.45, 7) is 1.76. The number of carbonyl (C=O) groups excluding carboxylic acids is 2. The first-order chi connectivity index (χ1) is 12.0. The minimum atomic E-state index is -0.253. The molecule has 0 unspecified atom stereocenters. The molecule has 1 aliphatic rings. The van der Waals surface area contributed by atoms with E-state index in [1.165, 1.54) is 6.92 Å². The summed E-state index contributed by atoms with van der Waals surface area (Å²) in [5, 5.41) is 2.73. The van der Waals surface area contributed by atoms with E-state index < -0.39 is 0 Å². The van der Waals surface area contributed by atoms with Crippen molar-refractivity contribution in [3.05, 3.63) is 46.4 Å². The van der Waals surface area contributed by atoms with E-state index in [1.54, 1.807) is 12.1 Å². The molecule has 3 rings (SSSR count). The Hall–Kier alpha value is -2.54. The van der Waals surface area contributed by atoms with Gasteiger partial charge in [-0.3, -0.25) is 9.59 Å². The molecule has 25 heavy (non-hydrogen) atoms. The summed E-state index contributed by atoms with van der Waals surface area (Å²) in [5.41, 5.74) is 0.787. The summed E-state index contributed by atoms with van der Waals surface area (Å²) >= 11 is 3.36. The molecule has 1 aliphatic heterocycles. The van der Waals surface area contributed by atoms with Gasteiger partial charge in [-0.05, 0) is 31.2 Å². The van der Waals surface area contributed by atoms with E-state index in [1.807, 2.05) is 24.3 Å². The van der Waals surface area contributed by atoms with Crippen LogP contribution in [-0.4, -0.2) is 25.1 Å². The molecular weight excluding hydrogens is 390 g/mol. The van der Waals surface area contributed by atoms with Crippen LogP contribution in [0.15, 0.2) is 40.9 Å². The minimum Gasteiger partial charge on any atom is -0.493 e. The summed E-state index contributed by atoms with van der Waals surface area (Å²) in [6.07, 6.45) is 0.151. The van der Waals surface area contributed by atoms with E-state index in [0.717, 1.165) is 4.47 Å². The molecule has 1 N–H and O–H groups in total. The minimum absolute atomic E-state index is 0.102. The highest BCUT2D eigenvalue weighted by Crippen LogP contribution is 2.37. The fourth-order valence-electron chi connectivity index (χ4n) is 2.37. The Balaban J connectivity index is 1.62. The fraction of sp³-hybridized carbons (Fsp3) is 0.222. The number of carbonyl (C=O) groups is 2. The first-order valence-electron chi connectivity index (χ1n) is 7.66. The molecule has 0 aliphatic carbocycles. The standard InChI is InChI=1S/C18H16BrNO5/c1-11(21)14-8-16-17(25-10-24-16)9-15(14)20-18(22)5-6-23-13-4-2-3-12(19)7-13/h2-4,7-9H,5-6,10H2,1H3,(H,20,22). The summed E-state index contributed by atoms with van der Waals surface area (Å²) < 4.78 is 17.0. The van der Waals surface area contributed by atoms with E-state index in [0.29, 0.717) is 28.5 Å². The van der Waals surface area contributed by atoms with Crippen LogP contribution in [0.1, 0.15) is 23.7 Å². The molecule has 0 aromatic heterocycles. The number of ether oxygens (including phenoxy) is 3. The number of rotatable bonds is 6. The van der Waals surface area contributed by atoms with Gasteiger partial charge in [-0.1, -0.05) is 22.0 Å². The maximum atomic E-state index is 12.2. The maximum absolute atomic E-state index is 12.2. The van der Waals surface area contributed by atoms with Crippen LogP contribution in [0.2, 0.25) is 0 Å². The van der Waals surface area contributed by atoms with Gasteiger partial charge in [-0.15, -0.1) is 0 Å². The van der Waals surface area contributed by atoms with E-state index in [9.17, 15) is 9.59 Å². The van der Waals surface area contributed by atoms with Gasteiger partial charge < -0.3 is 19.5 Å². The fourth-order valence-corrected chi connectivity index (χ4v) is 2.75. The third-order valence-corrected chi connectivity index (χ3v) is 4.05. The molecule has 1 heterocycles. The molecular formula is C18H16BrNO5. The first kappa shape index (κ1) is 17.3. The predicted octanol–water partition coefficient (Wildman–Crippen LogP) is 3.79. The highest BCUT2D eigenvalue weighted by atomic mass is 79.9. The average Bonchev–Trinajstić information content (AvgIpc) is 3.01. The van der Waals surface area contributed by atoms with Crippen molar-refractivity contribution < 1.29 is 23.8 Å². The van der Waals surface area contributed by atoms with Gasteiger partial charge >= 0.3 is 0 Å². The third kappa shape index (κ3) is 4.30. The number of Topliss-reactive ketones (excluding diaryl/α,β-unsaturated/α-hetero) is 1. The number of hydrogen-bond acceptors (Lipinski definition) is 5. The molecule has 0 bridgehead atoms. The molecule has 1 amide bonds. The second-order valence-corrected chi connectivity index (χ2v) is 6.33. The molecule has 0 radical (unpaired) electrons. The van der Waals surface area contributed by atoms with Crippen LogP contribution in [0.5, 0.6) is 17.2 Å². The Bertz CT molecular complexity index is 821. The summed E-state index contributed by atoms with van der Waals surface area (Å²) in [4.78, 5) is 24.0. The Morgan fingerprint density at radius 1 is 1.20 bits per heavy atom. The number of ketones is 1. The Morgan fingerprint density at radius 2 is 1.96 bits per heavy atom. The predicted molar refractivity (Wildman–Crippen MR) is 95.5 cm³/mol. The van der Waals surface area contributed by atoms with Crippen molar-refractivity contribution in [2.24, 2.45) is 0 Å². The lowest BCUT2D eigenvalue weighted by Crippen LogP contribution is -2.17. The quantitative estimate of drug-likeness (QED) is 0.740. The highest BCUT2D eigenvalue weighted by molar-refractivity contribution is 9.10. The number of hydrogen-bond donors (Lipinski definition) is 1. The van der Waals surface area contributed by atoms with Crippen molar-refractivity contribution in [1.29, 1.82) is 0 Å². The van der Waals surface area contributed by atoms with Crippen LogP contribution < -0.4 is 19.5 Å². The number of amides is 1. The van der Waals surface area contributed by atoms with E-state index in [2.05, 4.69) is 21.2 Å². The molecule has 130 valence electrons. The molecule has 0 fully saturated rings. The molecule has 0 spiro atoms. The molecule has 0 atom stereocenters. The van der Waals surface area contributed by atoms with E-state index in [-0.39, 0.29) is 31.5 Å². The van der Waals surface area contributed by atoms with Crippen LogP contribution in [0.4, 0.5) is 5.69 Å². The van der Waals surface area contributed by atoms with Crippen molar-refractivity contribution in [3.63, 3.8) is 0 Å². The SMILES string of the molecule is CC(=O)c1cc2c(cc1NC(=O)CCOc1cccc(Br)c1)OCO2. The van der Waals surface area contributed by atoms with E-state index in [4.69, 9.17) is 14.2 Å². The van der Waals surface area contributed by atoms with Gasteiger partial charge in [0.25, 0.3) is 0 Å². The average molecular weight is 406 g/mol. The second kappa shape index (κ2) is 7.57. The number of halogens is 1. The van der Waals surface area contributed by atoms with Gasteiger partial charge in [0.1, 0.15) is 5.75 Å². The zero-order chi connectivity index (χ0) is 17.8. The van der Waals surface area contributed by atoms with Crippen LogP contribution in [0.3, 0.4) is 0 Å². The monoisotopic (exact) mass is 405 g/mol. The van der Waals surface area contributed by atoms with Gasteiger partial charge in [0.15, 0.2) is 17.3 Å². The van der Waals surface area contributed by atoms with Crippen molar-refractivity contribution in [1.82, 2.24) is 0 Å². The number of anilines is 1. The van der Waals surface area contributed by atoms with Crippen LogP contribution in [0.25, 0.3) is 0 Å². The summed E-state index contributed by atoms with van der Waals surface area (Å²) in [6, 6.07) is 10.6. The largest absolute Gasteiger partial charge is 0.493 e. The van der Waals surface area contributed by atoms with Gasteiger partial charge in [0.2, 0.25) is 12.7 Å². The lowest BCUT2D eigenvalue weighted by Gasteiger charge is -2.11. The topological polar surface area (TPSA) is 73.9 Å². The molecule has 7 heteroatoms. The molecule has 6 nitrogen and oxygen atoms in total. The zero-order valence-corrected chi connectivity index (χ0v) is 15.1. The Kier molecular flexibility index (Phi) is 5.23. The molecule has 2 aromatic carbocycles. The van der Waals surface area contributed by atoms with Crippen molar-refractivity contribution in [2.75, 3.05) is 18.7 Å². The normalized spacial score (nSPS) is 11.9. The van der Waals surface area contributed by atoms with Crippen LogP contribution >= 0.6 is 15.9 Å². The lowest BCUT2D eigenvalue weighted by atomic mass is 10.1. The Morgan fingerprint density at radius 3 is 2.68 bits per heavy atom. The smallest absolute Gasteiger partial charge is 0.231 e. The molecule has 0 saturated heterocycles. The molecule has 0 saturated carbocycles. The number of benzene rings is 2. The van der Waals surface area contributed by atoms with Crippen LogP contribution in [0, 0.1) is 0 Å². The number of fused-ring (bicyclic) bond motifs is 1. The summed E-state index contributed by atoms with van der Waals surface area (Å²) in [7, 11) is 0. The molecule has 2 aromatic rings. The van der Waals surface area contributed by atoms with Crippen molar-refractivity contribution in [2.45, 2.75) is 13.3 Å². The first-order valence-corrected chi connectivity index (χ1v) is 8.45. The lowest BCUT2D eigenvalue weighted by molar-refractivity contribution is -0.116. The third-order valence-electron chi connectivity index (χ3n) is 3.56. The van der Waals surface area contributed by atoms with Crippen molar-refractivity contribution >= 4 is 33.3 Å². The zero-order valence-electron chi connectivity index (χ0n) is 13.5. The maximum Gasteiger partial charge on any atom is 0.231 e. The van der Waals surface area contributed by atoms with Crippen LogP contribution in [-0.2, 0) is 4.79 Å². The van der Waals surface area contributed by atoms with Gasteiger partial charge in [0, 0.05) is 16.1 Å². The van der Waals surface area contributed by atoms with Crippen molar-refractivity contribution in [3.8, 4) is 17.2 Å². The summed E-state index contributed by atoms with van der Waals surface area (Å²) in [5.74, 6) is 1.26. The van der Waals surface area contributed by atoms with Gasteiger partial charge in [-0.2, -0.15) is 0 Å². The Labute approximate surface area is 153 Å². The van der Waals surface area contributed by atoms with Gasteiger partial charge in [-0.25, -0.2) is 0 Å². The second-order valence-electron chi connectivity index (χ2n) is 5.41. The highest BCUT2D eigenvalue weighted by Gasteiger charge is 2.20. The van der Waals surface area contributed by atoms with Gasteiger partial charge in [0.05, 0.1) is 18.7 Å². The van der Waals surface area contributed by atoms with E-state index >= 15 is 0 Å². The number of nitrogens with one attached hydrogen (secondary N) is 1.